The summed E-state index contributed by atoms with van der Waals surface area (Å²) < 4.78 is 10.5. The van der Waals surface area contributed by atoms with Gasteiger partial charge in [0.05, 0.1) is 11.2 Å². The van der Waals surface area contributed by atoms with Gasteiger partial charge in [-0.05, 0) is 145 Å². The van der Waals surface area contributed by atoms with Crippen LogP contribution in [0.25, 0.3) is 54.9 Å². The van der Waals surface area contributed by atoms with Crippen molar-refractivity contribution in [2.45, 2.75) is 93.3 Å². The van der Waals surface area contributed by atoms with E-state index >= 15 is 0 Å². The first-order valence-corrected chi connectivity index (χ1v) is 26.7. The molecule has 0 unspecified atom stereocenters. The predicted octanol–water partition coefficient (Wildman–Crippen LogP) is 21.1. The van der Waals surface area contributed by atoms with Crippen LogP contribution >= 0.6 is 0 Å². The van der Waals surface area contributed by atoms with E-state index in [1.807, 2.05) is 104 Å². The fourth-order valence-electron chi connectivity index (χ4n) is 7.46. The minimum atomic E-state index is -0.234. The van der Waals surface area contributed by atoms with Crippen molar-refractivity contribution < 1.29 is 9.47 Å². The lowest BCUT2D eigenvalue weighted by atomic mass is 9.89. The molecule has 404 valence electrons. The highest BCUT2D eigenvalue weighted by molar-refractivity contribution is 5.98. The molecule has 0 saturated carbocycles. The van der Waals surface area contributed by atoms with E-state index in [9.17, 15) is 0 Å². The third-order valence-electron chi connectivity index (χ3n) is 12.9. The van der Waals surface area contributed by atoms with Gasteiger partial charge in [-0.3, -0.25) is 0 Å². The fourth-order valence-corrected chi connectivity index (χ4v) is 7.46. The highest BCUT2D eigenvalue weighted by atomic mass is 16.5. The third kappa shape index (κ3) is 22.5. The van der Waals surface area contributed by atoms with Gasteiger partial charge in [0.15, 0.2) is 0 Å². The van der Waals surface area contributed by atoms with Crippen LogP contribution in [0.15, 0.2) is 251 Å². The Morgan fingerprint density at radius 2 is 0.962 bits per heavy atom. The van der Waals surface area contributed by atoms with Gasteiger partial charge in [0.1, 0.15) is 0 Å². The summed E-state index contributed by atoms with van der Waals surface area (Å²) in [5, 5.41) is 5.35. The molecule has 0 aliphatic rings. The van der Waals surface area contributed by atoms with E-state index in [4.69, 9.17) is 15.9 Å². The molecule has 0 atom stereocenters. The molecular weight excluding hydrogens is 945 g/mol. The van der Waals surface area contributed by atoms with Crippen molar-refractivity contribution >= 4 is 32.7 Å². The van der Waals surface area contributed by atoms with Gasteiger partial charge in [-0.2, -0.15) is 0 Å². The number of aryl methyl sites for hydroxylation is 2. The van der Waals surface area contributed by atoms with Crippen LogP contribution in [0.4, 0.5) is 0 Å². The van der Waals surface area contributed by atoms with Crippen molar-refractivity contribution in [1.29, 1.82) is 0 Å². The van der Waals surface area contributed by atoms with E-state index in [1.165, 1.54) is 71.6 Å². The Hall–Kier alpha value is -8.24. The molecular formula is C76H88O2. The van der Waals surface area contributed by atoms with Crippen LogP contribution in [-0.4, -0.2) is 25.4 Å². The number of allylic oxidation sites excluding steroid dienone is 8. The number of methoxy groups -OCH3 is 2. The van der Waals surface area contributed by atoms with E-state index in [2.05, 4.69) is 229 Å². The first-order valence-electron chi connectivity index (χ1n) is 26.7. The molecule has 0 N–H and O–H groups in total. The maximum absolute atomic E-state index is 5.80. The topological polar surface area (TPSA) is 18.5 Å². The number of rotatable bonds is 12. The van der Waals surface area contributed by atoms with E-state index in [0.717, 1.165) is 24.0 Å². The highest BCUT2D eigenvalue weighted by Gasteiger charge is 2.37. The Morgan fingerprint density at radius 1 is 0.538 bits per heavy atom. The van der Waals surface area contributed by atoms with Gasteiger partial charge in [0, 0.05) is 19.8 Å². The van der Waals surface area contributed by atoms with Crippen LogP contribution in [0.5, 0.6) is 0 Å². The summed E-state index contributed by atoms with van der Waals surface area (Å²) in [5.74, 6) is 2.85. The van der Waals surface area contributed by atoms with Crippen LogP contribution in [0.3, 0.4) is 0 Å². The number of fused-ring (bicyclic) bond motifs is 2. The molecule has 8 aromatic carbocycles. The molecule has 0 bridgehead atoms. The third-order valence-corrected chi connectivity index (χ3v) is 12.9. The molecule has 0 aliphatic carbocycles. The lowest BCUT2D eigenvalue weighted by molar-refractivity contribution is -0.147. The van der Waals surface area contributed by atoms with Gasteiger partial charge in [0.25, 0.3) is 0 Å². The summed E-state index contributed by atoms with van der Waals surface area (Å²) in [5.41, 5.74) is 12.8. The summed E-state index contributed by atoms with van der Waals surface area (Å²) in [6, 6.07) is 66.2. The number of hydrogen-bond donors (Lipinski definition) is 0. The van der Waals surface area contributed by atoms with Crippen molar-refractivity contribution in [1.82, 2.24) is 0 Å². The van der Waals surface area contributed by atoms with Gasteiger partial charge >= 0.3 is 0 Å². The second-order valence-electron chi connectivity index (χ2n) is 18.2. The first kappa shape index (κ1) is 67.8. The summed E-state index contributed by atoms with van der Waals surface area (Å²) in [4.78, 5) is 0. The minimum absolute atomic E-state index is 0.234. The Balaban J connectivity index is 0.000000529. The molecule has 2 heteroatoms. The van der Waals surface area contributed by atoms with E-state index < -0.39 is 0 Å². The second-order valence-corrected chi connectivity index (χ2v) is 18.2. The van der Waals surface area contributed by atoms with Crippen LogP contribution in [-0.2, 0) is 22.3 Å². The van der Waals surface area contributed by atoms with Crippen molar-refractivity contribution in [2.24, 2.45) is 0 Å². The maximum Gasteiger partial charge on any atom is 0.0905 e. The Bertz CT molecular complexity index is 3070. The smallest absolute Gasteiger partial charge is 0.0905 e. The van der Waals surface area contributed by atoms with Gasteiger partial charge in [-0.25, -0.2) is 0 Å². The molecule has 8 aromatic rings. The van der Waals surface area contributed by atoms with Gasteiger partial charge < -0.3 is 9.47 Å². The normalized spacial score (nSPS) is 10.6. The number of ether oxygens (including phenoxy) is 2. The maximum atomic E-state index is 5.80. The van der Waals surface area contributed by atoms with Crippen LogP contribution < -0.4 is 0 Å². The van der Waals surface area contributed by atoms with Crippen LogP contribution in [0.2, 0.25) is 0 Å². The summed E-state index contributed by atoms with van der Waals surface area (Å²) in [7, 11) is 3.39. The molecule has 2 nitrogen and oxygen atoms in total. The molecule has 0 spiro atoms. The lowest BCUT2D eigenvalue weighted by Crippen LogP contribution is -2.48. The summed E-state index contributed by atoms with van der Waals surface area (Å²) in [6.45, 7) is 33.6. The second kappa shape index (κ2) is 38.3. The Kier molecular flexibility index (Phi) is 33.3. The average molecular weight is 1030 g/mol. The van der Waals surface area contributed by atoms with Crippen molar-refractivity contribution in [3.8, 4) is 47.4 Å². The molecule has 0 radical (unpaired) electrons. The van der Waals surface area contributed by atoms with Crippen LogP contribution in [0.1, 0.15) is 90.1 Å². The molecule has 0 aromatic heterocycles. The molecule has 0 fully saturated rings. The molecule has 78 heavy (non-hydrogen) atoms. The van der Waals surface area contributed by atoms with Gasteiger partial charge in [0.2, 0.25) is 0 Å². The largest absolute Gasteiger partial charge is 0.376 e. The molecule has 0 amide bonds. The number of terminal acetylenes is 2. The average Bonchev–Trinajstić information content (AvgIpc) is 3.52. The molecule has 0 saturated heterocycles. The zero-order valence-corrected chi connectivity index (χ0v) is 49.2. The monoisotopic (exact) mass is 1030 g/mol. The Labute approximate surface area is 473 Å². The Morgan fingerprint density at radius 3 is 1.36 bits per heavy atom. The summed E-state index contributed by atoms with van der Waals surface area (Å²) >= 11 is 0. The highest BCUT2D eigenvalue weighted by Crippen LogP contribution is 2.28. The van der Waals surface area contributed by atoms with Gasteiger partial charge in [-0.15, -0.1) is 32.4 Å². The van der Waals surface area contributed by atoms with Crippen molar-refractivity contribution in [3.05, 3.63) is 279 Å². The zero-order valence-electron chi connectivity index (χ0n) is 49.2. The van der Waals surface area contributed by atoms with E-state index in [-0.39, 0.29) is 11.2 Å². The van der Waals surface area contributed by atoms with Crippen molar-refractivity contribution in [3.63, 3.8) is 0 Å². The first-order chi connectivity index (χ1) is 37.8. The van der Waals surface area contributed by atoms with Crippen molar-refractivity contribution in [2.75, 3.05) is 14.2 Å². The molecule has 0 heterocycles. The minimum Gasteiger partial charge on any atom is -0.376 e. The quantitative estimate of drug-likeness (QED) is 0.0525. The standard InChI is InChI=1S/C29H22.C17H16.C11H12.C8H18O2.C5H8.C2H6.C2H4.C2H2/c1-2-24(27-19-21-29(22-20-27)26-11-7-4-8-12-26)16-13-23-14-17-28(18-15-23)25-9-5-3-6-10-25;1-3-13-5-7-15-10-16-8-12(2)4-6-14(16)11-17(15)9-13;1-3-10(4-2)11-8-6-5-7-9-11;1-7(2,9-5)8(3,4)10-6;1-3-5-4-2;3*1-2/h1,3-12,14-22H,13H2;4-11H,3H2,1-2H3;3-9H,1H2,2H3;1-6H3;3-5H,1H2,2H3;1-2H3;1-2H2;1-2H/b24-16+;;10-4+;;5-4-;;;. The number of benzene rings is 8. The van der Waals surface area contributed by atoms with E-state index in [1.54, 1.807) is 20.3 Å². The van der Waals surface area contributed by atoms with E-state index in [0.29, 0.717) is 0 Å². The lowest BCUT2D eigenvalue weighted by Gasteiger charge is -2.38. The zero-order chi connectivity index (χ0) is 58.4. The number of hydrogen-bond acceptors (Lipinski definition) is 2. The summed E-state index contributed by atoms with van der Waals surface area (Å²) in [6.07, 6.45) is 27.4. The van der Waals surface area contributed by atoms with Crippen LogP contribution in [0, 0.1) is 32.1 Å². The molecule has 0 aliphatic heterocycles. The predicted molar refractivity (Wildman–Crippen MR) is 350 cm³/mol. The fraction of sp³-hybridized carbons (Fsp3) is 0.211. The molecule has 8 rings (SSSR count). The van der Waals surface area contributed by atoms with Gasteiger partial charge in [-0.1, -0.05) is 258 Å². The SMILES string of the molecule is C#C.C#C/C(=C\Cc1ccc(-c2ccccc2)cc1)c1ccc(-c2ccccc2)cc1.C=C.C=C/C(=C\C)c1ccccc1.C=C/C=C\C.CC.CCc1ccc2cc3cc(C)ccc3cc2c1.COC(C)(C)C(C)(C)OC.